The minimum atomic E-state index is -0.558. The molecule has 5 nitrogen and oxygen atoms in total. The van der Waals surface area contributed by atoms with Gasteiger partial charge >= 0.3 is 0 Å². The van der Waals surface area contributed by atoms with Crippen molar-refractivity contribution < 1.29 is 5.11 Å². The Morgan fingerprint density at radius 1 is 0.958 bits per heavy atom. The number of rotatable bonds is 4. The van der Waals surface area contributed by atoms with Crippen LogP contribution in [0.5, 0.6) is 0 Å². The number of hydrogen-bond acceptors (Lipinski definition) is 3. The summed E-state index contributed by atoms with van der Waals surface area (Å²) in [6, 6.07) is 12.4. The van der Waals surface area contributed by atoms with Gasteiger partial charge in [-0.2, -0.15) is 5.10 Å². The van der Waals surface area contributed by atoms with Crippen molar-refractivity contribution in [2.75, 3.05) is 0 Å². The quantitative estimate of drug-likeness (QED) is 0.512. The first-order valence-corrected chi connectivity index (χ1v) is 9.08. The average Bonchev–Trinajstić information content (AvgIpc) is 3.15. The molecule has 0 aliphatic carbocycles. The van der Waals surface area contributed by atoms with Crippen LogP contribution >= 0.6 is 31.9 Å². The second-order valence-corrected chi connectivity index (χ2v) is 7.54. The van der Waals surface area contributed by atoms with Crippen molar-refractivity contribution in [1.29, 1.82) is 0 Å². The van der Waals surface area contributed by atoms with Crippen LogP contribution in [0.25, 0.3) is 21.8 Å². The fourth-order valence-electron chi connectivity index (χ4n) is 3.06. The summed E-state index contributed by atoms with van der Waals surface area (Å²) in [4.78, 5) is 3.92. The predicted octanol–water partition coefficient (Wildman–Crippen LogP) is 3.97. The van der Waals surface area contributed by atoms with Gasteiger partial charge in [-0.1, -0.05) is 31.9 Å². The van der Waals surface area contributed by atoms with Crippen molar-refractivity contribution in [3.8, 4) is 0 Å². The van der Waals surface area contributed by atoms with Crippen LogP contribution in [0.3, 0.4) is 0 Å². The van der Waals surface area contributed by atoms with E-state index >= 15 is 0 Å². The molecule has 0 amide bonds. The van der Waals surface area contributed by atoms with E-state index in [0.717, 1.165) is 30.8 Å². The van der Waals surface area contributed by atoms with Gasteiger partial charge in [0.15, 0.2) is 0 Å². The molecule has 0 aliphatic heterocycles. The molecule has 4 rings (SSSR count). The highest BCUT2D eigenvalue weighted by Gasteiger charge is 2.15. The van der Waals surface area contributed by atoms with Crippen molar-refractivity contribution in [3.63, 3.8) is 0 Å². The molecule has 2 heterocycles. The smallest absolute Gasteiger partial charge is 0.137 e. The van der Waals surface area contributed by atoms with E-state index in [9.17, 15) is 5.11 Å². The van der Waals surface area contributed by atoms with Crippen LogP contribution in [-0.4, -0.2) is 30.5 Å². The topological polar surface area (TPSA) is 55.9 Å². The van der Waals surface area contributed by atoms with Crippen molar-refractivity contribution in [2.45, 2.75) is 19.2 Å². The molecule has 0 radical (unpaired) electrons. The molecule has 2 aromatic carbocycles. The van der Waals surface area contributed by atoms with Gasteiger partial charge in [-0.25, -0.2) is 4.98 Å². The number of hydrogen-bond donors (Lipinski definition) is 1. The monoisotopic (exact) mass is 448 g/mol. The number of nitrogens with zero attached hydrogens (tertiary/aromatic N) is 4. The lowest BCUT2D eigenvalue weighted by Gasteiger charge is -2.14. The Morgan fingerprint density at radius 2 is 1.58 bits per heavy atom. The average molecular weight is 450 g/mol. The molecule has 2 aromatic heterocycles. The summed E-state index contributed by atoms with van der Waals surface area (Å²) >= 11 is 7.10. The van der Waals surface area contributed by atoms with Crippen LogP contribution in [0.15, 0.2) is 58.0 Å². The van der Waals surface area contributed by atoms with Gasteiger partial charge in [0, 0.05) is 30.8 Å². The van der Waals surface area contributed by atoms with Gasteiger partial charge in [0.1, 0.15) is 12.7 Å². The molecule has 1 N–H and O–H groups in total. The molecule has 4 aromatic rings. The molecular weight excluding hydrogens is 436 g/mol. The molecule has 0 spiro atoms. The van der Waals surface area contributed by atoms with Gasteiger partial charge in [-0.05, 0) is 36.4 Å². The highest BCUT2D eigenvalue weighted by atomic mass is 79.9. The summed E-state index contributed by atoms with van der Waals surface area (Å²) < 4.78 is 5.88. The van der Waals surface area contributed by atoms with Crippen molar-refractivity contribution in [2.24, 2.45) is 0 Å². The Balaban J connectivity index is 1.80. The van der Waals surface area contributed by atoms with Crippen LogP contribution in [-0.2, 0) is 13.1 Å². The Kier molecular flexibility index (Phi) is 4.15. The number of aliphatic hydroxyl groups is 1. The molecule has 0 bridgehead atoms. The van der Waals surface area contributed by atoms with E-state index in [0.29, 0.717) is 13.1 Å². The molecule has 0 saturated heterocycles. The lowest BCUT2D eigenvalue weighted by atomic mass is 10.2. The summed E-state index contributed by atoms with van der Waals surface area (Å²) in [6.45, 7) is 0.900. The first-order chi connectivity index (χ1) is 11.6. The van der Waals surface area contributed by atoms with Crippen molar-refractivity contribution >= 4 is 53.7 Å². The summed E-state index contributed by atoms with van der Waals surface area (Å²) in [6.07, 6.45) is 2.53. The summed E-state index contributed by atoms with van der Waals surface area (Å²) in [7, 11) is 0. The van der Waals surface area contributed by atoms with Crippen LogP contribution in [0.4, 0.5) is 0 Å². The highest BCUT2D eigenvalue weighted by molar-refractivity contribution is 9.10. The SMILES string of the molecule is OC(Cn1cncn1)Cn1c2ccc(Br)cc2c2cc(Br)ccc21. The second kappa shape index (κ2) is 6.31. The Hall–Kier alpha value is -1.70. The summed E-state index contributed by atoms with van der Waals surface area (Å²) in [5.41, 5.74) is 2.20. The van der Waals surface area contributed by atoms with E-state index in [1.807, 2.05) is 12.1 Å². The third kappa shape index (κ3) is 2.87. The fourth-order valence-corrected chi connectivity index (χ4v) is 3.78. The first-order valence-electron chi connectivity index (χ1n) is 7.49. The van der Waals surface area contributed by atoms with Gasteiger partial charge in [0.25, 0.3) is 0 Å². The third-order valence-electron chi connectivity index (χ3n) is 4.05. The summed E-state index contributed by atoms with van der Waals surface area (Å²) in [5, 5.41) is 16.9. The molecule has 0 aliphatic rings. The van der Waals surface area contributed by atoms with E-state index in [-0.39, 0.29) is 0 Å². The zero-order valence-electron chi connectivity index (χ0n) is 12.6. The van der Waals surface area contributed by atoms with E-state index < -0.39 is 6.10 Å². The maximum atomic E-state index is 10.5. The number of benzene rings is 2. The molecule has 7 heteroatoms. The van der Waals surface area contributed by atoms with Gasteiger partial charge in [-0.15, -0.1) is 0 Å². The molecule has 1 unspecified atom stereocenters. The third-order valence-corrected chi connectivity index (χ3v) is 5.03. The summed E-state index contributed by atoms with van der Waals surface area (Å²) in [5.74, 6) is 0. The van der Waals surface area contributed by atoms with Gasteiger partial charge in [0.05, 0.1) is 19.2 Å². The molecule has 24 heavy (non-hydrogen) atoms. The minimum Gasteiger partial charge on any atom is -0.389 e. The molecule has 122 valence electrons. The standard InChI is InChI=1S/C17H14Br2N4O/c18-11-1-3-16-14(5-11)15-6-12(19)2-4-17(15)23(16)8-13(24)7-22-10-20-9-21-22/h1-6,9-10,13,24H,7-8H2. The minimum absolute atomic E-state index is 0.411. The zero-order chi connectivity index (χ0) is 16.7. The van der Waals surface area contributed by atoms with Crippen LogP contribution < -0.4 is 0 Å². The maximum absolute atomic E-state index is 10.5. The Morgan fingerprint density at radius 3 is 2.12 bits per heavy atom. The van der Waals surface area contributed by atoms with Crippen molar-refractivity contribution in [1.82, 2.24) is 19.3 Å². The largest absolute Gasteiger partial charge is 0.389 e. The van der Waals surface area contributed by atoms with Crippen molar-refractivity contribution in [3.05, 3.63) is 58.0 Å². The van der Waals surface area contributed by atoms with Gasteiger partial charge in [0.2, 0.25) is 0 Å². The van der Waals surface area contributed by atoms with Crippen LogP contribution in [0.1, 0.15) is 0 Å². The lowest BCUT2D eigenvalue weighted by Crippen LogP contribution is -2.22. The molecular formula is C17H14Br2N4O. The first kappa shape index (κ1) is 15.8. The lowest BCUT2D eigenvalue weighted by molar-refractivity contribution is 0.132. The van der Waals surface area contributed by atoms with Gasteiger partial charge < -0.3 is 9.67 Å². The highest BCUT2D eigenvalue weighted by Crippen LogP contribution is 2.33. The number of halogens is 2. The Labute approximate surface area is 155 Å². The number of aliphatic hydroxyl groups excluding tert-OH is 1. The van der Waals surface area contributed by atoms with E-state index in [2.05, 4.69) is 70.8 Å². The predicted molar refractivity (Wildman–Crippen MR) is 101 cm³/mol. The zero-order valence-corrected chi connectivity index (χ0v) is 15.8. The number of aromatic nitrogens is 4. The number of fused-ring (bicyclic) bond motifs is 3. The van der Waals surface area contributed by atoms with Gasteiger partial charge in [-0.3, -0.25) is 4.68 Å². The molecule has 0 fully saturated rings. The van der Waals surface area contributed by atoms with Crippen LogP contribution in [0.2, 0.25) is 0 Å². The normalized spacial score (nSPS) is 13.0. The van der Waals surface area contributed by atoms with Crippen LogP contribution in [0, 0.1) is 0 Å². The van der Waals surface area contributed by atoms with E-state index in [4.69, 9.17) is 0 Å². The van der Waals surface area contributed by atoms with E-state index in [1.54, 1.807) is 11.0 Å². The van der Waals surface area contributed by atoms with E-state index in [1.165, 1.54) is 6.33 Å². The molecule has 1 atom stereocenters. The second-order valence-electron chi connectivity index (χ2n) is 5.70. The molecule has 0 saturated carbocycles. The maximum Gasteiger partial charge on any atom is 0.137 e. The fraction of sp³-hybridized carbons (Fsp3) is 0.176. The Bertz CT molecular complexity index is 951.